The summed E-state index contributed by atoms with van der Waals surface area (Å²) < 4.78 is 26.8. The molecule has 0 spiro atoms. The number of carbonyl (C=O) groups excluding carboxylic acids is 1. The molecule has 134 valence electrons. The lowest BCUT2D eigenvalue weighted by Gasteiger charge is -2.04. The number of hydrogen-bond acceptors (Lipinski definition) is 4. The number of thioether (sulfide) groups is 1. The van der Waals surface area contributed by atoms with Crippen molar-refractivity contribution >= 4 is 34.1 Å². The maximum atomic E-state index is 13.8. The van der Waals surface area contributed by atoms with Crippen molar-refractivity contribution in [3.05, 3.63) is 65.0 Å². The van der Waals surface area contributed by atoms with E-state index in [4.69, 9.17) is 0 Å². The molecule has 3 nitrogen and oxygen atoms in total. The van der Waals surface area contributed by atoms with Gasteiger partial charge in [-0.05, 0) is 35.6 Å². The van der Waals surface area contributed by atoms with Crippen LogP contribution < -0.4 is 5.32 Å². The van der Waals surface area contributed by atoms with E-state index in [9.17, 15) is 13.6 Å². The molecular formula is C19H16F2N2OS2. The minimum absolute atomic E-state index is 0.193. The van der Waals surface area contributed by atoms with Gasteiger partial charge in [0.15, 0.2) is 5.13 Å². The molecule has 7 heteroatoms. The first kappa shape index (κ1) is 18.5. The van der Waals surface area contributed by atoms with E-state index in [0.717, 1.165) is 17.4 Å². The van der Waals surface area contributed by atoms with Crippen molar-refractivity contribution in [1.29, 1.82) is 0 Å². The Kier molecular flexibility index (Phi) is 6.00. The van der Waals surface area contributed by atoms with Crippen LogP contribution in [0, 0.1) is 11.6 Å². The minimum Gasteiger partial charge on any atom is -0.302 e. The van der Waals surface area contributed by atoms with Crippen molar-refractivity contribution in [3.8, 4) is 11.3 Å². The number of rotatable bonds is 6. The summed E-state index contributed by atoms with van der Waals surface area (Å²) in [5.74, 6) is -0.515. The molecule has 3 rings (SSSR count). The summed E-state index contributed by atoms with van der Waals surface area (Å²) in [6, 6.07) is 11.2. The van der Waals surface area contributed by atoms with Gasteiger partial charge >= 0.3 is 0 Å². The smallest absolute Gasteiger partial charge is 0.230 e. The first-order valence-electron chi connectivity index (χ1n) is 7.97. The maximum absolute atomic E-state index is 13.8. The van der Waals surface area contributed by atoms with Crippen LogP contribution in [0.5, 0.6) is 0 Å². The van der Waals surface area contributed by atoms with E-state index in [-0.39, 0.29) is 17.9 Å². The predicted molar refractivity (Wildman–Crippen MR) is 103 cm³/mol. The van der Waals surface area contributed by atoms with Gasteiger partial charge in [0.1, 0.15) is 11.6 Å². The zero-order valence-electron chi connectivity index (χ0n) is 14.0. The van der Waals surface area contributed by atoms with Gasteiger partial charge in [-0.15, -0.1) is 23.1 Å². The Morgan fingerprint density at radius 1 is 1.19 bits per heavy atom. The van der Waals surface area contributed by atoms with Crippen LogP contribution in [0.1, 0.15) is 12.5 Å². The van der Waals surface area contributed by atoms with E-state index in [2.05, 4.69) is 17.2 Å². The number of aromatic nitrogens is 1. The Hall–Kier alpha value is -2.25. The van der Waals surface area contributed by atoms with E-state index in [0.29, 0.717) is 10.8 Å². The van der Waals surface area contributed by atoms with Gasteiger partial charge in [0.05, 0.1) is 12.1 Å². The Bertz CT molecular complexity index is 910. The van der Waals surface area contributed by atoms with Gasteiger partial charge in [0.25, 0.3) is 0 Å². The van der Waals surface area contributed by atoms with Gasteiger partial charge in [0.2, 0.25) is 5.91 Å². The number of anilines is 1. The molecule has 0 bridgehead atoms. The van der Waals surface area contributed by atoms with Crippen LogP contribution in [0.3, 0.4) is 0 Å². The van der Waals surface area contributed by atoms with E-state index in [1.807, 2.05) is 24.3 Å². The lowest BCUT2D eigenvalue weighted by Crippen LogP contribution is -2.14. The molecule has 0 radical (unpaired) electrons. The van der Waals surface area contributed by atoms with Crippen LogP contribution in [-0.4, -0.2) is 16.6 Å². The topological polar surface area (TPSA) is 42.0 Å². The molecule has 1 heterocycles. The highest BCUT2D eigenvalue weighted by molar-refractivity contribution is 7.99. The van der Waals surface area contributed by atoms with Crippen molar-refractivity contribution in [2.24, 2.45) is 0 Å². The molecule has 0 saturated carbocycles. The van der Waals surface area contributed by atoms with Crippen LogP contribution in [0.15, 0.2) is 52.7 Å². The summed E-state index contributed by atoms with van der Waals surface area (Å²) in [5.41, 5.74) is 1.47. The molecule has 0 saturated heterocycles. The monoisotopic (exact) mass is 390 g/mol. The number of carbonyl (C=O) groups is 1. The van der Waals surface area contributed by atoms with Crippen LogP contribution in [0.25, 0.3) is 11.3 Å². The quantitative estimate of drug-likeness (QED) is 0.575. The Morgan fingerprint density at radius 2 is 1.96 bits per heavy atom. The van der Waals surface area contributed by atoms with Gasteiger partial charge in [-0.1, -0.05) is 19.1 Å². The van der Waals surface area contributed by atoms with Gasteiger partial charge < -0.3 is 5.32 Å². The van der Waals surface area contributed by atoms with Crippen molar-refractivity contribution in [3.63, 3.8) is 0 Å². The summed E-state index contributed by atoms with van der Waals surface area (Å²) >= 11 is 2.94. The standard InChI is InChI=1S/C19H16F2N2OS2/c1-2-25-14-6-3-12(4-7-14)9-18(24)23-19-22-17(11-26-19)15-8-5-13(20)10-16(15)21/h3-8,10-11H,2,9H2,1H3,(H,22,23,24). The van der Waals surface area contributed by atoms with E-state index < -0.39 is 11.6 Å². The summed E-state index contributed by atoms with van der Waals surface area (Å²) in [4.78, 5) is 17.6. The average Bonchev–Trinajstić information content (AvgIpc) is 3.05. The Balaban J connectivity index is 1.64. The molecular weight excluding hydrogens is 374 g/mol. The molecule has 0 aliphatic heterocycles. The fourth-order valence-electron chi connectivity index (χ4n) is 2.37. The van der Waals surface area contributed by atoms with Crippen LogP contribution in [0.2, 0.25) is 0 Å². The largest absolute Gasteiger partial charge is 0.302 e. The zero-order valence-corrected chi connectivity index (χ0v) is 15.6. The third-order valence-electron chi connectivity index (χ3n) is 3.56. The van der Waals surface area contributed by atoms with Crippen LogP contribution >= 0.6 is 23.1 Å². The highest BCUT2D eigenvalue weighted by Gasteiger charge is 2.12. The summed E-state index contributed by atoms with van der Waals surface area (Å²) in [6.45, 7) is 2.09. The average molecular weight is 390 g/mol. The molecule has 26 heavy (non-hydrogen) atoms. The predicted octanol–water partition coefficient (Wildman–Crippen LogP) is 5.38. The molecule has 2 aromatic carbocycles. The van der Waals surface area contributed by atoms with Gasteiger partial charge in [-0.25, -0.2) is 13.8 Å². The highest BCUT2D eigenvalue weighted by Crippen LogP contribution is 2.27. The summed E-state index contributed by atoms with van der Waals surface area (Å²) in [7, 11) is 0. The fourth-order valence-corrected chi connectivity index (χ4v) is 3.76. The van der Waals surface area contributed by atoms with Gasteiger partial charge in [0, 0.05) is 21.9 Å². The molecule has 0 aliphatic carbocycles. The minimum atomic E-state index is -0.682. The third-order valence-corrected chi connectivity index (χ3v) is 5.21. The van der Waals surface area contributed by atoms with Crippen molar-refractivity contribution in [1.82, 2.24) is 4.98 Å². The van der Waals surface area contributed by atoms with E-state index >= 15 is 0 Å². The molecule has 1 aromatic heterocycles. The number of hydrogen-bond donors (Lipinski definition) is 1. The fraction of sp³-hybridized carbons (Fsp3) is 0.158. The van der Waals surface area contributed by atoms with Crippen LogP contribution in [0.4, 0.5) is 13.9 Å². The first-order valence-corrected chi connectivity index (χ1v) is 9.84. The van der Waals surface area contributed by atoms with Crippen molar-refractivity contribution < 1.29 is 13.6 Å². The van der Waals surface area contributed by atoms with Crippen molar-refractivity contribution in [2.75, 3.05) is 11.1 Å². The Labute approximate surface area is 158 Å². The molecule has 0 atom stereocenters. The second-order valence-electron chi connectivity index (χ2n) is 5.46. The first-order chi connectivity index (χ1) is 12.5. The Morgan fingerprint density at radius 3 is 2.65 bits per heavy atom. The number of thiazole rings is 1. The number of halogens is 2. The second-order valence-corrected chi connectivity index (χ2v) is 7.66. The molecule has 1 amide bonds. The molecule has 3 aromatic rings. The van der Waals surface area contributed by atoms with E-state index in [1.165, 1.54) is 28.4 Å². The van der Waals surface area contributed by atoms with Crippen molar-refractivity contribution in [2.45, 2.75) is 18.2 Å². The van der Waals surface area contributed by atoms with E-state index in [1.54, 1.807) is 17.1 Å². The molecule has 0 aliphatic rings. The van der Waals surface area contributed by atoms with Crippen LogP contribution in [-0.2, 0) is 11.2 Å². The van der Waals surface area contributed by atoms with Gasteiger partial charge in [-0.3, -0.25) is 4.79 Å². The molecule has 0 unspecified atom stereocenters. The number of nitrogens with zero attached hydrogens (tertiary/aromatic N) is 1. The van der Waals surface area contributed by atoms with Gasteiger partial charge in [-0.2, -0.15) is 0 Å². The highest BCUT2D eigenvalue weighted by atomic mass is 32.2. The normalized spacial score (nSPS) is 10.7. The summed E-state index contributed by atoms with van der Waals surface area (Å²) in [5, 5.41) is 4.73. The maximum Gasteiger partial charge on any atom is 0.230 e. The lowest BCUT2D eigenvalue weighted by atomic mass is 10.1. The number of nitrogens with one attached hydrogen (secondary N) is 1. The number of amides is 1. The lowest BCUT2D eigenvalue weighted by molar-refractivity contribution is -0.115. The summed E-state index contributed by atoms with van der Waals surface area (Å²) in [6.07, 6.45) is 0.233. The molecule has 0 fully saturated rings. The number of benzene rings is 2. The molecule has 1 N–H and O–H groups in total. The SMILES string of the molecule is CCSc1ccc(CC(=O)Nc2nc(-c3ccc(F)cc3F)cs2)cc1. The zero-order chi connectivity index (χ0) is 18.5. The second kappa shape index (κ2) is 8.42. The third kappa shape index (κ3) is 4.68.